The third-order valence-electron chi connectivity index (χ3n) is 2.30. The highest BCUT2D eigenvalue weighted by molar-refractivity contribution is 9.10. The third kappa shape index (κ3) is 3.68. The molecule has 0 saturated heterocycles. The van der Waals surface area contributed by atoms with Crippen LogP contribution in [0.4, 0.5) is 0 Å². The number of hydrogen-bond acceptors (Lipinski definition) is 4. The van der Waals surface area contributed by atoms with Gasteiger partial charge in [0.1, 0.15) is 10.6 Å². The van der Waals surface area contributed by atoms with Crippen LogP contribution in [-0.2, 0) is 10.0 Å². The second-order valence-electron chi connectivity index (χ2n) is 3.95. The highest BCUT2D eigenvalue weighted by Gasteiger charge is 2.21. The van der Waals surface area contributed by atoms with Crippen molar-refractivity contribution >= 4 is 26.0 Å². The summed E-state index contributed by atoms with van der Waals surface area (Å²) in [6.07, 6.45) is -0.750. The van der Waals surface area contributed by atoms with Gasteiger partial charge in [-0.2, -0.15) is 0 Å². The fourth-order valence-electron chi connectivity index (χ4n) is 1.31. The van der Waals surface area contributed by atoms with Gasteiger partial charge in [0.05, 0.1) is 13.2 Å². The van der Waals surface area contributed by atoms with E-state index in [0.717, 1.165) is 5.56 Å². The number of aliphatic hydroxyl groups excluding tert-OH is 1. The molecule has 0 aliphatic rings. The average molecular weight is 338 g/mol. The molecule has 0 aliphatic heterocycles. The van der Waals surface area contributed by atoms with Crippen molar-refractivity contribution in [3.05, 3.63) is 22.2 Å². The van der Waals surface area contributed by atoms with Crippen molar-refractivity contribution in [3.8, 4) is 5.75 Å². The lowest BCUT2D eigenvalue weighted by Gasteiger charge is -2.13. The molecule has 0 fully saturated rings. The Labute approximate surface area is 115 Å². The molecule has 0 radical (unpaired) electrons. The van der Waals surface area contributed by atoms with Gasteiger partial charge in [-0.1, -0.05) is 15.9 Å². The molecule has 1 rings (SSSR count). The summed E-state index contributed by atoms with van der Waals surface area (Å²) in [5.41, 5.74) is 0.876. The lowest BCUT2D eigenvalue weighted by molar-refractivity contribution is 0.198. The lowest BCUT2D eigenvalue weighted by atomic mass is 10.2. The normalized spacial score (nSPS) is 13.4. The van der Waals surface area contributed by atoms with Crippen molar-refractivity contribution < 1.29 is 18.3 Å². The van der Waals surface area contributed by atoms with Gasteiger partial charge in [-0.15, -0.1) is 0 Å². The number of aryl methyl sites for hydroxylation is 1. The topological polar surface area (TPSA) is 75.6 Å². The number of aliphatic hydroxyl groups is 1. The molecule has 7 heteroatoms. The Bertz CT molecular complexity index is 528. The van der Waals surface area contributed by atoms with Crippen LogP contribution in [0.25, 0.3) is 0 Å². The molecule has 102 valence electrons. The minimum Gasteiger partial charge on any atom is -0.495 e. The van der Waals surface area contributed by atoms with Crippen molar-refractivity contribution in [1.82, 2.24) is 4.72 Å². The summed E-state index contributed by atoms with van der Waals surface area (Å²) in [5.74, 6) is 0.272. The predicted octanol–water partition coefficient (Wildman–Crippen LogP) is 1.43. The summed E-state index contributed by atoms with van der Waals surface area (Å²) in [6, 6.07) is 3.12. The first-order valence-corrected chi connectivity index (χ1v) is 7.57. The second-order valence-corrected chi connectivity index (χ2v) is 6.54. The van der Waals surface area contributed by atoms with E-state index in [9.17, 15) is 8.42 Å². The molecular weight excluding hydrogens is 322 g/mol. The van der Waals surface area contributed by atoms with Crippen molar-refractivity contribution in [2.45, 2.75) is 24.8 Å². The van der Waals surface area contributed by atoms with Crippen LogP contribution in [-0.4, -0.2) is 33.3 Å². The molecule has 18 heavy (non-hydrogen) atoms. The Morgan fingerprint density at radius 3 is 2.61 bits per heavy atom. The Balaban J connectivity index is 3.19. The van der Waals surface area contributed by atoms with E-state index in [1.54, 1.807) is 6.07 Å². The Kier molecular flexibility index (Phi) is 5.15. The van der Waals surface area contributed by atoms with E-state index in [0.29, 0.717) is 4.47 Å². The van der Waals surface area contributed by atoms with Gasteiger partial charge in [0.25, 0.3) is 0 Å². The van der Waals surface area contributed by atoms with E-state index in [1.165, 1.54) is 20.1 Å². The number of methoxy groups -OCH3 is 1. The molecule has 0 saturated carbocycles. The third-order valence-corrected chi connectivity index (χ3v) is 4.60. The summed E-state index contributed by atoms with van der Waals surface area (Å²) in [7, 11) is -2.29. The van der Waals surface area contributed by atoms with Crippen molar-refractivity contribution in [3.63, 3.8) is 0 Å². The highest BCUT2D eigenvalue weighted by atomic mass is 79.9. The minimum absolute atomic E-state index is 0.0446. The number of ether oxygens (including phenoxy) is 1. The molecule has 0 unspecified atom stereocenters. The fraction of sp³-hybridized carbons (Fsp3) is 0.455. The average Bonchev–Trinajstić information content (AvgIpc) is 2.29. The molecule has 2 N–H and O–H groups in total. The van der Waals surface area contributed by atoms with E-state index >= 15 is 0 Å². The molecule has 5 nitrogen and oxygen atoms in total. The van der Waals surface area contributed by atoms with Crippen molar-refractivity contribution in [1.29, 1.82) is 0 Å². The maximum Gasteiger partial charge on any atom is 0.244 e. The van der Waals surface area contributed by atoms with E-state index in [1.807, 2.05) is 6.92 Å². The summed E-state index contributed by atoms with van der Waals surface area (Å²) in [4.78, 5) is 0.0446. The predicted molar refractivity (Wildman–Crippen MR) is 72.3 cm³/mol. The molecule has 0 spiro atoms. The maximum atomic E-state index is 12.1. The number of hydrogen-bond donors (Lipinski definition) is 2. The van der Waals surface area contributed by atoms with Crippen molar-refractivity contribution in [2.75, 3.05) is 13.7 Å². The molecular formula is C11H16BrNO4S. The van der Waals surface area contributed by atoms with E-state index < -0.39 is 16.1 Å². The zero-order valence-electron chi connectivity index (χ0n) is 10.4. The number of halogens is 1. The number of nitrogens with one attached hydrogen (secondary N) is 1. The van der Waals surface area contributed by atoms with Crippen molar-refractivity contribution in [2.24, 2.45) is 0 Å². The first-order chi connectivity index (χ1) is 8.27. The second kappa shape index (κ2) is 6.01. The minimum atomic E-state index is -3.70. The molecule has 1 atom stereocenters. The molecule has 1 aromatic carbocycles. The first kappa shape index (κ1) is 15.4. The quantitative estimate of drug-likeness (QED) is 0.852. The smallest absolute Gasteiger partial charge is 0.244 e. The van der Waals surface area contributed by atoms with Gasteiger partial charge in [0, 0.05) is 11.0 Å². The van der Waals surface area contributed by atoms with E-state index in [2.05, 4.69) is 20.7 Å². The number of sulfonamides is 1. The zero-order valence-corrected chi connectivity index (χ0v) is 12.8. The molecule has 0 aliphatic carbocycles. The van der Waals surface area contributed by atoms with Gasteiger partial charge in [-0.25, -0.2) is 13.1 Å². The largest absolute Gasteiger partial charge is 0.495 e. The molecule has 0 bridgehead atoms. The molecule has 1 aromatic rings. The van der Waals surface area contributed by atoms with Crippen LogP contribution in [0.15, 0.2) is 21.5 Å². The molecule has 0 aromatic heterocycles. The molecule has 0 amide bonds. The van der Waals surface area contributed by atoms with Gasteiger partial charge >= 0.3 is 0 Å². The molecule has 0 heterocycles. The van der Waals surface area contributed by atoms with Gasteiger partial charge in [0.2, 0.25) is 10.0 Å². The van der Waals surface area contributed by atoms with Crippen LogP contribution >= 0.6 is 15.9 Å². The van der Waals surface area contributed by atoms with Crippen LogP contribution in [0, 0.1) is 6.92 Å². The standard InChI is InChI=1S/C11H16BrNO4S/c1-7-4-10(17-3)11(5-9(7)12)18(15,16)13-6-8(2)14/h4-5,8,13-14H,6H2,1-3H3/t8-/m0/s1. The van der Waals surface area contributed by atoms with E-state index in [-0.39, 0.29) is 17.2 Å². The summed E-state index contributed by atoms with van der Waals surface area (Å²) >= 11 is 3.28. The van der Waals surface area contributed by atoms with Crippen LogP contribution < -0.4 is 9.46 Å². The Morgan fingerprint density at radius 1 is 1.50 bits per heavy atom. The van der Waals surface area contributed by atoms with Gasteiger partial charge in [-0.3, -0.25) is 0 Å². The van der Waals surface area contributed by atoms with Gasteiger partial charge in [-0.05, 0) is 31.5 Å². The summed E-state index contributed by atoms with van der Waals surface area (Å²) in [6.45, 7) is 3.30. The van der Waals surface area contributed by atoms with Gasteiger partial charge in [0.15, 0.2) is 0 Å². The van der Waals surface area contributed by atoms with Crippen LogP contribution in [0.2, 0.25) is 0 Å². The highest BCUT2D eigenvalue weighted by Crippen LogP contribution is 2.30. The number of benzene rings is 1. The van der Waals surface area contributed by atoms with Crippen LogP contribution in [0.5, 0.6) is 5.75 Å². The SMILES string of the molecule is COc1cc(C)c(Br)cc1S(=O)(=O)NC[C@H](C)O. The number of rotatable bonds is 5. The van der Waals surface area contributed by atoms with Crippen LogP contribution in [0.3, 0.4) is 0 Å². The zero-order chi connectivity index (χ0) is 13.9. The Morgan fingerprint density at radius 2 is 2.11 bits per heavy atom. The first-order valence-electron chi connectivity index (χ1n) is 5.29. The Hall–Kier alpha value is -0.630. The summed E-state index contributed by atoms with van der Waals surface area (Å²) in [5, 5.41) is 9.12. The lowest BCUT2D eigenvalue weighted by Crippen LogP contribution is -2.31. The van der Waals surface area contributed by atoms with Crippen LogP contribution in [0.1, 0.15) is 12.5 Å². The summed E-state index contributed by atoms with van der Waals surface area (Å²) < 4.78 is 32.2. The maximum absolute atomic E-state index is 12.1. The van der Waals surface area contributed by atoms with Gasteiger partial charge < -0.3 is 9.84 Å². The monoisotopic (exact) mass is 337 g/mol. The fourth-order valence-corrected chi connectivity index (χ4v) is 3.11. The van der Waals surface area contributed by atoms with E-state index in [4.69, 9.17) is 9.84 Å².